The average molecular weight is 388 g/mol. The van der Waals surface area contributed by atoms with E-state index in [2.05, 4.69) is 29.1 Å². The summed E-state index contributed by atoms with van der Waals surface area (Å²) in [5.41, 5.74) is 7.10. The van der Waals surface area contributed by atoms with Gasteiger partial charge in [0, 0.05) is 30.9 Å². The zero-order valence-electron chi connectivity index (χ0n) is 16.8. The van der Waals surface area contributed by atoms with Gasteiger partial charge in [-0.15, -0.1) is 0 Å². The van der Waals surface area contributed by atoms with Crippen LogP contribution >= 0.6 is 0 Å². The summed E-state index contributed by atoms with van der Waals surface area (Å²) < 4.78 is 22.2. The number of nitrogens with two attached hydrogens (primary N) is 1. The Bertz CT molecular complexity index is 807. The topological polar surface area (TPSA) is 101 Å². The van der Waals surface area contributed by atoms with Gasteiger partial charge in [0.05, 0.1) is 20.4 Å². The van der Waals surface area contributed by atoms with Crippen molar-refractivity contribution in [3.05, 3.63) is 23.9 Å². The van der Waals surface area contributed by atoms with Crippen LogP contribution in [-0.4, -0.2) is 43.4 Å². The molecule has 1 aliphatic heterocycles. The maximum absolute atomic E-state index is 6.13. The molecule has 3 rings (SSSR count). The van der Waals surface area contributed by atoms with Crippen molar-refractivity contribution in [2.45, 2.75) is 38.6 Å². The first-order valence-electron chi connectivity index (χ1n) is 9.42. The van der Waals surface area contributed by atoms with Crippen LogP contribution in [0.2, 0.25) is 0 Å². The summed E-state index contributed by atoms with van der Waals surface area (Å²) in [7, 11) is 3.20. The Morgan fingerprint density at radius 2 is 1.75 bits per heavy atom. The van der Waals surface area contributed by atoms with Crippen LogP contribution in [0.25, 0.3) is 0 Å². The second-order valence-corrected chi connectivity index (χ2v) is 6.98. The second kappa shape index (κ2) is 8.97. The van der Waals surface area contributed by atoms with E-state index in [9.17, 15) is 0 Å². The van der Waals surface area contributed by atoms with Gasteiger partial charge in [-0.25, -0.2) is 4.98 Å². The predicted molar refractivity (Wildman–Crippen MR) is 108 cm³/mol. The molecule has 28 heavy (non-hydrogen) atoms. The van der Waals surface area contributed by atoms with Crippen LogP contribution in [0.5, 0.6) is 23.0 Å². The largest absolute Gasteiger partial charge is 0.493 e. The molecule has 1 aliphatic rings. The third-order valence-electron chi connectivity index (χ3n) is 4.70. The second-order valence-electron chi connectivity index (χ2n) is 6.98. The van der Waals surface area contributed by atoms with E-state index in [1.54, 1.807) is 26.5 Å². The Labute approximate surface area is 165 Å². The fourth-order valence-corrected chi connectivity index (χ4v) is 3.09. The van der Waals surface area contributed by atoms with Crippen molar-refractivity contribution in [1.82, 2.24) is 9.97 Å². The van der Waals surface area contributed by atoms with Gasteiger partial charge in [-0.1, -0.05) is 13.8 Å². The van der Waals surface area contributed by atoms with Crippen LogP contribution in [0.1, 0.15) is 38.2 Å². The fourth-order valence-electron chi connectivity index (χ4n) is 3.09. The number of rotatable bonds is 7. The van der Waals surface area contributed by atoms with Crippen molar-refractivity contribution >= 4 is 11.8 Å². The number of nitrogen functional groups attached to an aromatic ring is 1. The zero-order valence-corrected chi connectivity index (χ0v) is 16.8. The molecule has 0 saturated carbocycles. The molecule has 0 bridgehead atoms. The van der Waals surface area contributed by atoms with E-state index in [-0.39, 0.29) is 11.7 Å². The molecular weight excluding hydrogens is 360 g/mol. The highest BCUT2D eigenvalue weighted by molar-refractivity contribution is 5.55. The number of hydrogen-bond donors (Lipinski definition) is 2. The van der Waals surface area contributed by atoms with E-state index < -0.39 is 0 Å². The Morgan fingerprint density at radius 3 is 2.36 bits per heavy atom. The molecule has 152 valence electrons. The predicted octanol–water partition coefficient (Wildman–Crippen LogP) is 3.58. The quantitative estimate of drug-likeness (QED) is 0.742. The Morgan fingerprint density at radius 1 is 1.07 bits per heavy atom. The van der Waals surface area contributed by atoms with E-state index >= 15 is 0 Å². The maximum atomic E-state index is 6.13. The Balaban J connectivity index is 1.82. The molecule has 8 heteroatoms. The van der Waals surface area contributed by atoms with Crippen LogP contribution in [-0.2, 0) is 4.74 Å². The van der Waals surface area contributed by atoms with Gasteiger partial charge in [0.15, 0.2) is 23.1 Å². The number of nitrogens with zero attached hydrogens (tertiary/aromatic N) is 2. The van der Waals surface area contributed by atoms with Gasteiger partial charge in [-0.2, -0.15) is 4.98 Å². The summed E-state index contributed by atoms with van der Waals surface area (Å²) in [6.45, 7) is 5.64. The molecule has 0 amide bonds. The lowest BCUT2D eigenvalue weighted by atomic mass is 10.0. The van der Waals surface area contributed by atoms with E-state index in [4.69, 9.17) is 24.7 Å². The highest BCUT2D eigenvalue weighted by Gasteiger charge is 2.18. The third-order valence-corrected chi connectivity index (χ3v) is 4.70. The first-order chi connectivity index (χ1) is 13.5. The highest BCUT2D eigenvalue weighted by atomic mass is 16.5. The van der Waals surface area contributed by atoms with Crippen molar-refractivity contribution in [2.24, 2.45) is 0 Å². The number of ether oxygens (including phenoxy) is 4. The number of hydrogen-bond acceptors (Lipinski definition) is 8. The molecule has 2 heterocycles. The van der Waals surface area contributed by atoms with Crippen LogP contribution in [0, 0.1) is 0 Å². The monoisotopic (exact) mass is 388 g/mol. The minimum Gasteiger partial charge on any atom is -0.493 e. The van der Waals surface area contributed by atoms with E-state index in [1.165, 1.54) is 0 Å². The number of anilines is 2. The van der Waals surface area contributed by atoms with E-state index in [1.807, 2.05) is 6.07 Å². The molecule has 1 saturated heterocycles. The molecule has 0 radical (unpaired) electrons. The minimum absolute atomic E-state index is 0.214. The molecule has 0 atom stereocenters. The van der Waals surface area contributed by atoms with Crippen molar-refractivity contribution < 1.29 is 18.9 Å². The van der Waals surface area contributed by atoms with E-state index in [0.29, 0.717) is 35.0 Å². The lowest BCUT2D eigenvalue weighted by molar-refractivity contribution is 0.0903. The number of benzene rings is 1. The van der Waals surface area contributed by atoms with Crippen LogP contribution in [0.3, 0.4) is 0 Å². The molecule has 8 nitrogen and oxygen atoms in total. The standard InChI is InChI=1S/C20H28N4O4/c1-12(2)14-9-16(25-3)17(26-4)10-15(14)28-18-11-22-20(24-19(18)21)23-13-5-7-27-8-6-13/h9-13H,5-8H2,1-4H3,(H3,21,22,23,24). The molecule has 0 aliphatic carbocycles. The first-order valence-corrected chi connectivity index (χ1v) is 9.42. The van der Waals surface area contributed by atoms with Crippen LogP contribution < -0.4 is 25.3 Å². The zero-order chi connectivity index (χ0) is 20.1. The molecule has 2 aromatic rings. The number of nitrogens with one attached hydrogen (secondary N) is 1. The summed E-state index contributed by atoms with van der Waals surface area (Å²) in [5.74, 6) is 3.24. The average Bonchev–Trinajstić information content (AvgIpc) is 2.70. The van der Waals surface area contributed by atoms with Gasteiger partial charge < -0.3 is 30.0 Å². The Kier molecular flexibility index (Phi) is 6.41. The van der Waals surface area contributed by atoms with Gasteiger partial charge in [0.1, 0.15) is 5.75 Å². The summed E-state index contributed by atoms with van der Waals surface area (Å²) in [6, 6.07) is 4.00. The molecule has 0 unspecified atom stereocenters. The summed E-state index contributed by atoms with van der Waals surface area (Å²) in [6.07, 6.45) is 3.43. The van der Waals surface area contributed by atoms with Gasteiger partial charge in [-0.3, -0.25) is 0 Å². The summed E-state index contributed by atoms with van der Waals surface area (Å²) in [4.78, 5) is 8.70. The molecule has 1 aromatic carbocycles. The first kappa shape index (κ1) is 20.0. The van der Waals surface area contributed by atoms with Crippen LogP contribution in [0.15, 0.2) is 18.3 Å². The lowest BCUT2D eigenvalue weighted by Gasteiger charge is -2.23. The number of methoxy groups -OCH3 is 2. The van der Waals surface area contributed by atoms with Crippen molar-refractivity contribution in [1.29, 1.82) is 0 Å². The molecule has 1 fully saturated rings. The minimum atomic E-state index is 0.214. The van der Waals surface area contributed by atoms with Gasteiger partial charge in [-0.05, 0) is 24.8 Å². The van der Waals surface area contributed by atoms with Crippen molar-refractivity contribution in [3.8, 4) is 23.0 Å². The molecule has 1 aromatic heterocycles. The SMILES string of the molecule is COc1cc(Oc2cnc(NC3CCOCC3)nc2N)c(C(C)C)cc1OC. The molecule has 3 N–H and O–H groups in total. The third kappa shape index (κ3) is 4.56. The molecular formula is C20H28N4O4. The number of aromatic nitrogens is 2. The van der Waals surface area contributed by atoms with Gasteiger partial charge in [0.2, 0.25) is 5.95 Å². The van der Waals surface area contributed by atoms with Gasteiger partial charge >= 0.3 is 0 Å². The van der Waals surface area contributed by atoms with Crippen molar-refractivity contribution in [3.63, 3.8) is 0 Å². The fraction of sp³-hybridized carbons (Fsp3) is 0.500. The Hall–Kier alpha value is -2.74. The normalized spacial score (nSPS) is 14.8. The summed E-state index contributed by atoms with van der Waals surface area (Å²) >= 11 is 0. The van der Waals surface area contributed by atoms with Crippen molar-refractivity contribution in [2.75, 3.05) is 38.5 Å². The van der Waals surface area contributed by atoms with Crippen LogP contribution in [0.4, 0.5) is 11.8 Å². The lowest BCUT2D eigenvalue weighted by Crippen LogP contribution is -2.28. The van der Waals surface area contributed by atoms with Gasteiger partial charge in [0.25, 0.3) is 0 Å². The maximum Gasteiger partial charge on any atom is 0.225 e. The summed E-state index contributed by atoms with van der Waals surface area (Å²) in [5, 5.41) is 3.30. The van der Waals surface area contributed by atoms with E-state index in [0.717, 1.165) is 31.6 Å². The highest BCUT2D eigenvalue weighted by Crippen LogP contribution is 2.40. The smallest absolute Gasteiger partial charge is 0.225 e. The molecule has 0 spiro atoms.